The number of nitrogens with two attached hydrogens (primary N) is 1. The van der Waals surface area contributed by atoms with E-state index in [1.165, 1.54) is 19.3 Å². The van der Waals surface area contributed by atoms with Crippen molar-refractivity contribution in [3.63, 3.8) is 0 Å². The van der Waals surface area contributed by atoms with Gasteiger partial charge in [-0.05, 0) is 31.9 Å². The molecule has 94 valence electrons. The monoisotopic (exact) mass is 272 g/mol. The van der Waals surface area contributed by atoms with Crippen molar-refractivity contribution in [3.8, 4) is 0 Å². The molecule has 0 bridgehead atoms. The minimum atomic E-state index is 0.0989. The van der Waals surface area contributed by atoms with Crippen LogP contribution in [0.25, 0.3) is 0 Å². The Balaban J connectivity index is 2.23. The maximum Gasteiger partial charge on any atom is 0.0724 e. The summed E-state index contributed by atoms with van der Waals surface area (Å²) in [5.41, 5.74) is 7.21. The van der Waals surface area contributed by atoms with E-state index in [0.717, 1.165) is 18.5 Å². The van der Waals surface area contributed by atoms with Crippen LogP contribution in [0.4, 0.5) is 11.4 Å². The fraction of sp³-hybridized carbons (Fsp3) is 0.538. The van der Waals surface area contributed by atoms with Crippen molar-refractivity contribution >= 4 is 34.6 Å². The highest BCUT2D eigenvalue weighted by Crippen LogP contribution is 2.38. The Kier molecular flexibility index (Phi) is 3.74. The van der Waals surface area contributed by atoms with Gasteiger partial charge in [0.1, 0.15) is 0 Å². The number of hydrogen-bond acceptors (Lipinski definition) is 2. The molecule has 0 spiro atoms. The Labute approximate surface area is 112 Å². The molecule has 2 nitrogen and oxygen atoms in total. The molecule has 0 radical (unpaired) electrons. The number of hydrogen-bond donors (Lipinski definition) is 2. The second kappa shape index (κ2) is 4.95. The van der Waals surface area contributed by atoms with Gasteiger partial charge in [0.15, 0.2) is 0 Å². The molecule has 0 amide bonds. The van der Waals surface area contributed by atoms with Crippen molar-refractivity contribution in [1.29, 1.82) is 0 Å². The lowest BCUT2D eigenvalue weighted by Gasteiger charge is -2.36. The number of halogens is 2. The number of nitrogen functional groups attached to an aromatic ring is 1. The predicted molar refractivity (Wildman–Crippen MR) is 76.0 cm³/mol. The molecule has 0 heterocycles. The summed E-state index contributed by atoms with van der Waals surface area (Å²) in [5.74, 6) is 0. The fourth-order valence-corrected chi connectivity index (χ4v) is 3.07. The van der Waals surface area contributed by atoms with Crippen LogP contribution in [0.2, 0.25) is 10.0 Å². The molecule has 1 aliphatic rings. The zero-order valence-electron chi connectivity index (χ0n) is 10.0. The summed E-state index contributed by atoms with van der Waals surface area (Å²) < 4.78 is 0. The summed E-state index contributed by atoms with van der Waals surface area (Å²) >= 11 is 12.4. The van der Waals surface area contributed by atoms with Crippen LogP contribution in [0.15, 0.2) is 12.1 Å². The van der Waals surface area contributed by atoms with Gasteiger partial charge in [0.2, 0.25) is 0 Å². The average Bonchev–Trinajstić information content (AvgIpc) is 2.24. The Bertz CT molecular complexity index is 389. The SMILES string of the molecule is CC1(Nc2c(Cl)cc(N)cc2Cl)CCCCC1. The molecule has 1 aromatic carbocycles. The van der Waals surface area contributed by atoms with Gasteiger partial charge in [-0.1, -0.05) is 42.5 Å². The van der Waals surface area contributed by atoms with E-state index in [2.05, 4.69) is 12.2 Å². The topological polar surface area (TPSA) is 38.0 Å². The fourth-order valence-electron chi connectivity index (χ4n) is 2.47. The molecule has 0 atom stereocenters. The van der Waals surface area contributed by atoms with Crippen molar-refractivity contribution in [3.05, 3.63) is 22.2 Å². The minimum absolute atomic E-state index is 0.0989. The van der Waals surface area contributed by atoms with Gasteiger partial charge in [-0.15, -0.1) is 0 Å². The maximum atomic E-state index is 6.19. The van der Waals surface area contributed by atoms with Gasteiger partial charge in [0.05, 0.1) is 15.7 Å². The van der Waals surface area contributed by atoms with Crippen LogP contribution in [0.5, 0.6) is 0 Å². The minimum Gasteiger partial charge on any atom is -0.399 e. The first-order valence-corrected chi connectivity index (χ1v) is 6.78. The van der Waals surface area contributed by atoms with Crippen LogP contribution in [-0.2, 0) is 0 Å². The lowest BCUT2D eigenvalue weighted by Crippen LogP contribution is -2.36. The van der Waals surface area contributed by atoms with Gasteiger partial charge in [0, 0.05) is 11.2 Å². The molecule has 0 saturated heterocycles. The van der Waals surface area contributed by atoms with Crippen molar-refractivity contribution in [2.45, 2.75) is 44.6 Å². The predicted octanol–water partition coefficient (Wildman–Crippen LogP) is 4.71. The Morgan fingerprint density at radius 1 is 1.12 bits per heavy atom. The third-order valence-corrected chi connectivity index (χ3v) is 4.04. The third kappa shape index (κ3) is 2.99. The van der Waals surface area contributed by atoms with Crippen LogP contribution >= 0.6 is 23.2 Å². The summed E-state index contributed by atoms with van der Waals surface area (Å²) in [6, 6.07) is 3.48. The highest BCUT2D eigenvalue weighted by atomic mass is 35.5. The number of rotatable bonds is 2. The second-order valence-corrected chi connectivity index (χ2v) is 5.92. The van der Waals surface area contributed by atoms with Gasteiger partial charge < -0.3 is 11.1 Å². The molecular formula is C13H18Cl2N2. The van der Waals surface area contributed by atoms with E-state index in [1.54, 1.807) is 12.1 Å². The molecule has 0 aliphatic heterocycles. The second-order valence-electron chi connectivity index (χ2n) is 5.11. The normalized spacial score (nSPS) is 19.0. The average molecular weight is 273 g/mol. The van der Waals surface area contributed by atoms with Crippen molar-refractivity contribution in [1.82, 2.24) is 0 Å². The van der Waals surface area contributed by atoms with Gasteiger partial charge in [-0.25, -0.2) is 0 Å². The Morgan fingerprint density at radius 2 is 1.65 bits per heavy atom. The van der Waals surface area contributed by atoms with E-state index in [-0.39, 0.29) is 5.54 Å². The zero-order chi connectivity index (χ0) is 12.5. The highest BCUT2D eigenvalue weighted by Gasteiger charge is 2.27. The van der Waals surface area contributed by atoms with Gasteiger partial charge in [-0.3, -0.25) is 0 Å². The molecule has 3 N–H and O–H groups in total. The van der Waals surface area contributed by atoms with E-state index in [9.17, 15) is 0 Å². The van der Waals surface area contributed by atoms with Crippen molar-refractivity contribution in [2.75, 3.05) is 11.1 Å². The molecule has 1 fully saturated rings. The number of anilines is 2. The lowest BCUT2D eigenvalue weighted by atomic mass is 9.83. The van der Waals surface area contributed by atoms with E-state index < -0.39 is 0 Å². The molecule has 1 aliphatic carbocycles. The maximum absolute atomic E-state index is 6.19. The highest BCUT2D eigenvalue weighted by molar-refractivity contribution is 6.39. The smallest absolute Gasteiger partial charge is 0.0724 e. The van der Waals surface area contributed by atoms with Crippen LogP contribution in [0.1, 0.15) is 39.0 Å². The standard InChI is InChI=1S/C13H18Cl2N2/c1-13(5-3-2-4-6-13)17-12-10(14)7-9(16)8-11(12)15/h7-8,17H,2-6,16H2,1H3. The molecular weight excluding hydrogens is 255 g/mol. The van der Waals surface area contributed by atoms with E-state index in [0.29, 0.717) is 15.7 Å². The molecule has 1 aromatic rings. The van der Waals surface area contributed by atoms with Crippen LogP contribution < -0.4 is 11.1 Å². The van der Waals surface area contributed by atoms with Crippen LogP contribution in [0, 0.1) is 0 Å². The van der Waals surface area contributed by atoms with Gasteiger partial charge in [-0.2, -0.15) is 0 Å². The molecule has 1 saturated carbocycles. The Morgan fingerprint density at radius 3 is 2.18 bits per heavy atom. The summed E-state index contributed by atoms with van der Waals surface area (Å²) in [7, 11) is 0. The third-order valence-electron chi connectivity index (χ3n) is 3.45. The van der Waals surface area contributed by atoms with Gasteiger partial charge >= 0.3 is 0 Å². The number of nitrogens with one attached hydrogen (secondary N) is 1. The van der Waals surface area contributed by atoms with E-state index in [4.69, 9.17) is 28.9 Å². The molecule has 0 unspecified atom stereocenters. The first-order chi connectivity index (χ1) is 8.00. The Hall–Kier alpha value is -0.600. The van der Waals surface area contributed by atoms with E-state index in [1.807, 2.05) is 0 Å². The van der Waals surface area contributed by atoms with Crippen molar-refractivity contribution in [2.24, 2.45) is 0 Å². The van der Waals surface area contributed by atoms with Crippen LogP contribution in [0.3, 0.4) is 0 Å². The lowest BCUT2D eigenvalue weighted by molar-refractivity contribution is 0.349. The van der Waals surface area contributed by atoms with Crippen molar-refractivity contribution < 1.29 is 0 Å². The molecule has 4 heteroatoms. The summed E-state index contributed by atoms with van der Waals surface area (Å²) in [6.07, 6.45) is 6.15. The summed E-state index contributed by atoms with van der Waals surface area (Å²) in [4.78, 5) is 0. The quantitative estimate of drug-likeness (QED) is 0.766. The van der Waals surface area contributed by atoms with Crippen LogP contribution in [-0.4, -0.2) is 5.54 Å². The summed E-state index contributed by atoms with van der Waals surface area (Å²) in [6.45, 7) is 2.23. The summed E-state index contributed by atoms with van der Waals surface area (Å²) in [5, 5.41) is 4.70. The molecule has 2 rings (SSSR count). The zero-order valence-corrected chi connectivity index (χ0v) is 11.5. The van der Waals surface area contributed by atoms with E-state index >= 15 is 0 Å². The first-order valence-electron chi connectivity index (χ1n) is 6.03. The molecule has 0 aromatic heterocycles. The van der Waals surface area contributed by atoms with Gasteiger partial charge in [0.25, 0.3) is 0 Å². The largest absolute Gasteiger partial charge is 0.399 e. The molecule has 17 heavy (non-hydrogen) atoms. The number of benzene rings is 1. The first kappa shape index (κ1) is 12.8.